The average molecular weight is 257 g/mol. The van der Waals surface area contributed by atoms with Crippen molar-refractivity contribution in [2.45, 2.75) is 19.4 Å². The number of aliphatic hydroxyl groups excluding tert-OH is 1. The van der Waals surface area contributed by atoms with Gasteiger partial charge in [-0.25, -0.2) is 0 Å². The van der Waals surface area contributed by atoms with E-state index < -0.39 is 6.10 Å². The number of likely N-dealkylation sites (N-methyl/N-ethyl adjacent to an activating group) is 1. The van der Waals surface area contributed by atoms with Gasteiger partial charge in [0.05, 0.1) is 23.7 Å². The summed E-state index contributed by atoms with van der Waals surface area (Å²) < 4.78 is 0. The minimum absolute atomic E-state index is 0.517. The molecule has 0 unspecified atom stereocenters. The SMILES string of the molecule is C[C@H](O)c1ccc(N(C)CCc2ccncc2)cn1. The van der Waals surface area contributed by atoms with E-state index in [9.17, 15) is 5.11 Å². The summed E-state index contributed by atoms with van der Waals surface area (Å²) in [7, 11) is 2.04. The van der Waals surface area contributed by atoms with Crippen LogP contribution in [-0.2, 0) is 6.42 Å². The highest BCUT2D eigenvalue weighted by atomic mass is 16.3. The van der Waals surface area contributed by atoms with Gasteiger partial charge in [-0.1, -0.05) is 0 Å². The van der Waals surface area contributed by atoms with E-state index in [1.165, 1.54) is 5.56 Å². The summed E-state index contributed by atoms with van der Waals surface area (Å²) in [6.45, 7) is 2.63. The first-order valence-corrected chi connectivity index (χ1v) is 6.41. The first kappa shape index (κ1) is 13.5. The topological polar surface area (TPSA) is 49.2 Å². The summed E-state index contributed by atoms with van der Waals surface area (Å²) in [4.78, 5) is 10.4. The lowest BCUT2D eigenvalue weighted by Gasteiger charge is -2.19. The number of hydrogen-bond acceptors (Lipinski definition) is 4. The van der Waals surface area contributed by atoms with E-state index in [0.717, 1.165) is 18.7 Å². The molecule has 0 aliphatic carbocycles. The summed E-state index contributed by atoms with van der Waals surface area (Å²) in [5.74, 6) is 0. The molecule has 2 rings (SSSR count). The fourth-order valence-electron chi connectivity index (χ4n) is 1.85. The molecule has 0 aliphatic rings. The minimum Gasteiger partial charge on any atom is -0.387 e. The molecule has 1 N–H and O–H groups in total. The minimum atomic E-state index is -0.517. The Kier molecular flexibility index (Phi) is 4.47. The summed E-state index contributed by atoms with van der Waals surface area (Å²) in [6.07, 6.45) is 5.88. The van der Waals surface area contributed by atoms with Gasteiger partial charge in [0.1, 0.15) is 0 Å². The number of aliphatic hydroxyl groups is 1. The van der Waals surface area contributed by atoms with Crippen LogP contribution < -0.4 is 4.90 Å². The van der Waals surface area contributed by atoms with Crippen molar-refractivity contribution in [1.82, 2.24) is 9.97 Å². The Morgan fingerprint density at radius 3 is 2.53 bits per heavy atom. The number of nitrogens with zero attached hydrogens (tertiary/aromatic N) is 3. The molecule has 4 heteroatoms. The predicted octanol–water partition coefficient (Wildman–Crippen LogP) is 2.21. The summed E-state index contributed by atoms with van der Waals surface area (Å²) >= 11 is 0. The highest BCUT2D eigenvalue weighted by Crippen LogP contribution is 2.15. The van der Waals surface area contributed by atoms with Gasteiger partial charge in [-0.2, -0.15) is 0 Å². The third-order valence-corrected chi connectivity index (χ3v) is 3.12. The molecule has 1 atom stereocenters. The van der Waals surface area contributed by atoms with Gasteiger partial charge in [-0.15, -0.1) is 0 Å². The zero-order valence-electron chi connectivity index (χ0n) is 11.3. The van der Waals surface area contributed by atoms with Crippen LogP contribution in [0.3, 0.4) is 0 Å². The van der Waals surface area contributed by atoms with Gasteiger partial charge in [0.15, 0.2) is 0 Å². The van der Waals surface area contributed by atoms with Gasteiger partial charge in [0.2, 0.25) is 0 Å². The zero-order valence-corrected chi connectivity index (χ0v) is 11.3. The molecule has 0 amide bonds. The Balaban J connectivity index is 1.94. The van der Waals surface area contributed by atoms with E-state index in [4.69, 9.17) is 0 Å². The maximum absolute atomic E-state index is 9.42. The third-order valence-electron chi connectivity index (χ3n) is 3.12. The molecule has 0 spiro atoms. The first-order valence-electron chi connectivity index (χ1n) is 6.41. The standard InChI is InChI=1S/C15H19N3O/c1-12(19)15-4-3-14(11-17-15)18(2)10-7-13-5-8-16-9-6-13/h3-6,8-9,11-12,19H,7,10H2,1-2H3/t12-/m0/s1. The molecule has 0 aromatic carbocycles. The van der Waals surface area contributed by atoms with Crippen molar-refractivity contribution in [3.8, 4) is 0 Å². The summed E-state index contributed by atoms with van der Waals surface area (Å²) in [5.41, 5.74) is 3.03. The Labute approximate surface area is 113 Å². The van der Waals surface area contributed by atoms with Crippen LogP contribution in [0.25, 0.3) is 0 Å². The highest BCUT2D eigenvalue weighted by molar-refractivity contribution is 5.44. The van der Waals surface area contributed by atoms with Crippen LogP contribution in [0.15, 0.2) is 42.9 Å². The van der Waals surface area contributed by atoms with Crippen LogP contribution >= 0.6 is 0 Å². The molecular formula is C15H19N3O. The van der Waals surface area contributed by atoms with Crippen molar-refractivity contribution < 1.29 is 5.11 Å². The lowest BCUT2D eigenvalue weighted by atomic mass is 10.2. The second-order valence-corrected chi connectivity index (χ2v) is 4.64. The fourth-order valence-corrected chi connectivity index (χ4v) is 1.85. The van der Waals surface area contributed by atoms with Crippen LogP contribution in [0, 0.1) is 0 Å². The van der Waals surface area contributed by atoms with E-state index in [2.05, 4.69) is 14.9 Å². The average Bonchev–Trinajstić information content (AvgIpc) is 2.46. The van der Waals surface area contributed by atoms with E-state index in [0.29, 0.717) is 5.69 Å². The maximum Gasteiger partial charge on any atom is 0.0931 e. The summed E-state index contributed by atoms with van der Waals surface area (Å²) in [5, 5.41) is 9.42. The van der Waals surface area contributed by atoms with E-state index >= 15 is 0 Å². The van der Waals surface area contributed by atoms with Gasteiger partial charge in [0.25, 0.3) is 0 Å². The Morgan fingerprint density at radius 2 is 1.95 bits per heavy atom. The van der Waals surface area contributed by atoms with Crippen molar-refractivity contribution >= 4 is 5.69 Å². The fraction of sp³-hybridized carbons (Fsp3) is 0.333. The Bertz CT molecular complexity index is 497. The molecule has 0 saturated heterocycles. The molecule has 0 fully saturated rings. The largest absolute Gasteiger partial charge is 0.387 e. The highest BCUT2D eigenvalue weighted by Gasteiger charge is 2.05. The van der Waals surface area contributed by atoms with Gasteiger partial charge in [0, 0.05) is 26.0 Å². The van der Waals surface area contributed by atoms with Crippen LogP contribution in [0.1, 0.15) is 24.3 Å². The number of anilines is 1. The zero-order chi connectivity index (χ0) is 13.7. The molecule has 2 aromatic heterocycles. The third kappa shape index (κ3) is 3.76. The maximum atomic E-state index is 9.42. The number of rotatable bonds is 5. The predicted molar refractivity (Wildman–Crippen MR) is 76.1 cm³/mol. The number of hydrogen-bond donors (Lipinski definition) is 1. The monoisotopic (exact) mass is 257 g/mol. The molecular weight excluding hydrogens is 238 g/mol. The van der Waals surface area contributed by atoms with Crippen molar-refractivity contribution in [3.63, 3.8) is 0 Å². The lowest BCUT2D eigenvalue weighted by Crippen LogP contribution is -2.20. The Morgan fingerprint density at radius 1 is 1.21 bits per heavy atom. The molecule has 0 aliphatic heterocycles. The Hall–Kier alpha value is -1.94. The molecule has 2 aromatic rings. The van der Waals surface area contributed by atoms with Crippen LogP contribution in [0.5, 0.6) is 0 Å². The smallest absolute Gasteiger partial charge is 0.0931 e. The molecule has 19 heavy (non-hydrogen) atoms. The normalized spacial score (nSPS) is 12.2. The van der Waals surface area contributed by atoms with Gasteiger partial charge >= 0.3 is 0 Å². The van der Waals surface area contributed by atoms with Crippen LogP contribution in [0.4, 0.5) is 5.69 Å². The number of aromatic nitrogens is 2. The van der Waals surface area contributed by atoms with Gasteiger partial charge in [-0.05, 0) is 43.2 Å². The van der Waals surface area contributed by atoms with Crippen molar-refractivity contribution in [2.75, 3.05) is 18.5 Å². The van der Waals surface area contributed by atoms with Gasteiger partial charge < -0.3 is 10.0 Å². The van der Waals surface area contributed by atoms with Crippen molar-refractivity contribution in [3.05, 3.63) is 54.1 Å². The second-order valence-electron chi connectivity index (χ2n) is 4.64. The second kappa shape index (κ2) is 6.29. The molecule has 100 valence electrons. The van der Waals surface area contributed by atoms with Crippen LogP contribution in [-0.4, -0.2) is 28.7 Å². The van der Waals surface area contributed by atoms with Gasteiger partial charge in [-0.3, -0.25) is 9.97 Å². The molecule has 0 radical (unpaired) electrons. The molecule has 2 heterocycles. The van der Waals surface area contributed by atoms with Crippen LogP contribution in [0.2, 0.25) is 0 Å². The van der Waals surface area contributed by atoms with E-state index in [-0.39, 0.29) is 0 Å². The number of pyridine rings is 2. The molecule has 4 nitrogen and oxygen atoms in total. The van der Waals surface area contributed by atoms with E-state index in [1.54, 1.807) is 13.1 Å². The van der Waals surface area contributed by atoms with Crippen molar-refractivity contribution in [1.29, 1.82) is 0 Å². The van der Waals surface area contributed by atoms with Crippen molar-refractivity contribution in [2.24, 2.45) is 0 Å². The molecule has 0 saturated carbocycles. The summed E-state index contributed by atoms with van der Waals surface area (Å²) in [6, 6.07) is 7.91. The quantitative estimate of drug-likeness (QED) is 0.892. The molecule has 0 bridgehead atoms. The van der Waals surface area contributed by atoms with E-state index in [1.807, 2.05) is 43.7 Å². The lowest BCUT2D eigenvalue weighted by molar-refractivity contribution is 0.194. The first-order chi connectivity index (χ1) is 9.16.